The number of primary amides is 1. The minimum absolute atomic E-state index is 0.107. The van der Waals surface area contributed by atoms with Gasteiger partial charge in [0.2, 0.25) is 5.91 Å². The average molecular weight is 261 g/mol. The van der Waals surface area contributed by atoms with Crippen molar-refractivity contribution in [3.8, 4) is 0 Å². The number of hydrogen-bond acceptors (Lipinski definition) is 3. The molecule has 17 heavy (non-hydrogen) atoms. The summed E-state index contributed by atoms with van der Waals surface area (Å²) >= 11 is 5.08. The lowest BCUT2D eigenvalue weighted by atomic mass is 10.0. The largest absolute Gasteiger partial charge is 0.382 e. The number of carbonyl (C=O) groups is 1. The molecule has 0 rings (SSSR count). The third kappa shape index (κ3) is 7.93. The summed E-state index contributed by atoms with van der Waals surface area (Å²) in [5, 5.41) is 6.38. The Bertz CT molecular complexity index is 247. The minimum Gasteiger partial charge on any atom is -0.382 e. The van der Waals surface area contributed by atoms with Gasteiger partial charge in [-0.2, -0.15) is 0 Å². The highest BCUT2D eigenvalue weighted by Gasteiger charge is 2.19. The van der Waals surface area contributed by atoms with Crippen molar-refractivity contribution >= 4 is 23.2 Å². The van der Waals surface area contributed by atoms with Crippen LogP contribution >= 0.6 is 12.2 Å². The number of thiocarbonyl (C=S) groups is 1. The van der Waals surface area contributed by atoms with E-state index in [1.807, 2.05) is 20.8 Å². The summed E-state index contributed by atoms with van der Waals surface area (Å²) < 4.78 is 5.20. The predicted octanol–water partition coefficient (Wildman–Crippen LogP) is 0.387. The third-order valence-corrected chi connectivity index (χ3v) is 2.48. The highest BCUT2D eigenvalue weighted by Crippen LogP contribution is 2.00. The van der Waals surface area contributed by atoms with E-state index in [0.717, 1.165) is 19.6 Å². The molecule has 1 unspecified atom stereocenters. The fourth-order valence-corrected chi connectivity index (χ4v) is 1.51. The number of ether oxygens (including phenoxy) is 1. The summed E-state index contributed by atoms with van der Waals surface area (Å²) in [6, 6.07) is -0.429. The van der Waals surface area contributed by atoms with E-state index in [-0.39, 0.29) is 5.92 Å². The molecule has 1 atom stereocenters. The lowest BCUT2D eigenvalue weighted by Gasteiger charge is -2.21. The van der Waals surface area contributed by atoms with E-state index >= 15 is 0 Å². The molecule has 0 radical (unpaired) electrons. The maximum atomic E-state index is 11.1. The van der Waals surface area contributed by atoms with Gasteiger partial charge in [0.1, 0.15) is 6.04 Å². The molecule has 0 aliphatic carbocycles. The first-order valence-corrected chi connectivity index (χ1v) is 6.31. The quantitative estimate of drug-likeness (QED) is 0.435. The molecule has 0 fully saturated rings. The van der Waals surface area contributed by atoms with Crippen molar-refractivity contribution in [2.75, 3.05) is 19.8 Å². The fourth-order valence-electron chi connectivity index (χ4n) is 1.28. The van der Waals surface area contributed by atoms with E-state index in [9.17, 15) is 4.79 Å². The van der Waals surface area contributed by atoms with Crippen molar-refractivity contribution in [2.45, 2.75) is 33.2 Å². The highest BCUT2D eigenvalue weighted by atomic mass is 32.1. The van der Waals surface area contributed by atoms with Gasteiger partial charge in [0, 0.05) is 19.8 Å². The van der Waals surface area contributed by atoms with Crippen molar-refractivity contribution in [1.82, 2.24) is 10.6 Å². The van der Waals surface area contributed by atoms with Gasteiger partial charge >= 0.3 is 0 Å². The Hall–Kier alpha value is -0.880. The zero-order chi connectivity index (χ0) is 13.3. The monoisotopic (exact) mass is 261 g/mol. The third-order valence-electron chi connectivity index (χ3n) is 2.21. The molecular formula is C11H23N3O2S. The second-order valence-electron chi connectivity index (χ2n) is 4.07. The van der Waals surface area contributed by atoms with Gasteiger partial charge < -0.3 is 21.1 Å². The second kappa shape index (κ2) is 9.18. The van der Waals surface area contributed by atoms with E-state index in [2.05, 4.69) is 10.6 Å². The van der Waals surface area contributed by atoms with E-state index in [0.29, 0.717) is 11.7 Å². The number of nitrogens with one attached hydrogen (secondary N) is 2. The van der Waals surface area contributed by atoms with Gasteiger partial charge in [0.25, 0.3) is 0 Å². The van der Waals surface area contributed by atoms with Gasteiger partial charge in [-0.15, -0.1) is 0 Å². The number of hydrogen-bond donors (Lipinski definition) is 3. The summed E-state index contributed by atoms with van der Waals surface area (Å²) in [6.45, 7) is 7.94. The number of carbonyl (C=O) groups excluding carboxylic acids is 1. The normalized spacial score (nSPS) is 12.2. The molecule has 6 heteroatoms. The Kier molecular flexibility index (Phi) is 8.71. The molecular weight excluding hydrogens is 238 g/mol. The molecule has 0 spiro atoms. The molecule has 0 aromatic heterocycles. The van der Waals surface area contributed by atoms with Gasteiger partial charge in [-0.1, -0.05) is 13.8 Å². The molecule has 0 heterocycles. The van der Waals surface area contributed by atoms with Crippen molar-refractivity contribution in [3.05, 3.63) is 0 Å². The molecule has 0 saturated heterocycles. The zero-order valence-electron chi connectivity index (χ0n) is 10.8. The lowest BCUT2D eigenvalue weighted by molar-refractivity contribution is -0.120. The highest BCUT2D eigenvalue weighted by molar-refractivity contribution is 7.80. The van der Waals surface area contributed by atoms with Gasteiger partial charge in [0.05, 0.1) is 0 Å². The van der Waals surface area contributed by atoms with Crippen LogP contribution in [0, 0.1) is 5.92 Å². The SMILES string of the molecule is CCOCCCNC(=S)NC(C(N)=O)C(C)C. The standard InChI is InChI=1S/C11H23N3O2S/c1-4-16-7-5-6-13-11(17)14-9(8(2)3)10(12)15/h8-9H,4-7H2,1-3H3,(H2,12,15)(H2,13,14,17). The van der Waals surface area contributed by atoms with Crippen LogP contribution in [0.1, 0.15) is 27.2 Å². The summed E-state index contributed by atoms with van der Waals surface area (Å²) in [6.07, 6.45) is 0.874. The van der Waals surface area contributed by atoms with Crippen LogP contribution in [-0.2, 0) is 9.53 Å². The predicted molar refractivity (Wildman–Crippen MR) is 72.7 cm³/mol. The molecule has 0 aliphatic rings. The minimum atomic E-state index is -0.429. The van der Waals surface area contributed by atoms with Gasteiger partial charge in [-0.3, -0.25) is 4.79 Å². The molecule has 0 saturated carbocycles. The first-order valence-electron chi connectivity index (χ1n) is 5.90. The van der Waals surface area contributed by atoms with Crippen LogP contribution in [0.15, 0.2) is 0 Å². The van der Waals surface area contributed by atoms with Crippen molar-refractivity contribution in [2.24, 2.45) is 11.7 Å². The summed E-state index contributed by atoms with van der Waals surface area (Å²) in [7, 11) is 0. The van der Waals surface area contributed by atoms with E-state index in [1.54, 1.807) is 0 Å². The van der Waals surface area contributed by atoms with Crippen LogP contribution in [0.25, 0.3) is 0 Å². The topological polar surface area (TPSA) is 76.4 Å². The summed E-state index contributed by atoms with van der Waals surface area (Å²) in [5.74, 6) is -0.283. The molecule has 0 bridgehead atoms. The van der Waals surface area contributed by atoms with Gasteiger partial charge in [0.15, 0.2) is 5.11 Å². The number of nitrogens with two attached hydrogens (primary N) is 1. The Morgan fingerprint density at radius 2 is 2.12 bits per heavy atom. The average Bonchev–Trinajstić information content (AvgIpc) is 2.24. The second-order valence-corrected chi connectivity index (χ2v) is 4.48. The number of amides is 1. The molecule has 0 aromatic rings. The van der Waals surface area contributed by atoms with Crippen LogP contribution in [0.5, 0.6) is 0 Å². The summed E-state index contributed by atoms with van der Waals surface area (Å²) in [5.41, 5.74) is 5.27. The van der Waals surface area contributed by atoms with E-state index < -0.39 is 11.9 Å². The molecule has 4 N–H and O–H groups in total. The molecule has 0 aromatic carbocycles. The molecule has 100 valence electrons. The fraction of sp³-hybridized carbons (Fsp3) is 0.818. The van der Waals surface area contributed by atoms with Crippen LogP contribution in [-0.4, -0.2) is 36.8 Å². The maximum Gasteiger partial charge on any atom is 0.240 e. The van der Waals surface area contributed by atoms with Crippen LogP contribution < -0.4 is 16.4 Å². The Balaban J connectivity index is 3.80. The van der Waals surface area contributed by atoms with Crippen LogP contribution in [0.2, 0.25) is 0 Å². The molecule has 5 nitrogen and oxygen atoms in total. The maximum absolute atomic E-state index is 11.1. The molecule has 1 amide bonds. The van der Waals surface area contributed by atoms with E-state index in [1.165, 1.54) is 0 Å². The lowest BCUT2D eigenvalue weighted by Crippen LogP contribution is -2.51. The van der Waals surface area contributed by atoms with Gasteiger partial charge in [-0.25, -0.2) is 0 Å². The van der Waals surface area contributed by atoms with Crippen molar-refractivity contribution in [1.29, 1.82) is 0 Å². The Morgan fingerprint density at radius 3 is 2.59 bits per heavy atom. The zero-order valence-corrected chi connectivity index (χ0v) is 11.6. The van der Waals surface area contributed by atoms with Gasteiger partial charge in [-0.05, 0) is 31.5 Å². The van der Waals surface area contributed by atoms with Crippen molar-refractivity contribution in [3.63, 3.8) is 0 Å². The van der Waals surface area contributed by atoms with Crippen molar-refractivity contribution < 1.29 is 9.53 Å². The first-order chi connectivity index (χ1) is 7.99. The first kappa shape index (κ1) is 16.1. The summed E-state index contributed by atoms with van der Waals surface area (Å²) in [4.78, 5) is 11.1. The number of rotatable bonds is 8. The van der Waals surface area contributed by atoms with Crippen LogP contribution in [0.3, 0.4) is 0 Å². The molecule has 0 aliphatic heterocycles. The Labute approximate surface area is 108 Å². The smallest absolute Gasteiger partial charge is 0.240 e. The van der Waals surface area contributed by atoms with Crippen LogP contribution in [0.4, 0.5) is 0 Å². The Morgan fingerprint density at radius 1 is 1.47 bits per heavy atom. The van der Waals surface area contributed by atoms with E-state index in [4.69, 9.17) is 22.7 Å².